The smallest absolute Gasteiger partial charge is 0.335 e. The number of carboxylic acids is 1. The molecule has 0 aromatic carbocycles. The van der Waals surface area contributed by atoms with Gasteiger partial charge in [0, 0.05) is 28.7 Å². The van der Waals surface area contributed by atoms with E-state index in [-0.39, 0.29) is 43.5 Å². The number of hydrogen-bond donors (Lipinski definition) is 5. The Morgan fingerprint density at radius 3 is 2.41 bits per heavy atom. The summed E-state index contributed by atoms with van der Waals surface area (Å²) >= 11 is 0. The molecule has 5 heterocycles. The van der Waals surface area contributed by atoms with Crippen LogP contribution >= 0.6 is 0 Å². The second kappa shape index (κ2) is 10.3. The number of carbonyl (C=O) groups excluding carboxylic acids is 2. The number of fused-ring (bicyclic) bond motifs is 2. The number of Topliss-reactive ketones (excluding diaryl/α,β-unsaturated/α-hetero) is 1. The van der Waals surface area contributed by atoms with Crippen LogP contribution in [0, 0.1) is 28.1 Å². The number of carboxylic acid groups (broad SMARTS) is 1. The van der Waals surface area contributed by atoms with Gasteiger partial charge in [-0.2, -0.15) is 0 Å². The fourth-order valence-electron chi connectivity index (χ4n) is 10.5. The van der Waals surface area contributed by atoms with Crippen molar-refractivity contribution in [3.63, 3.8) is 0 Å². The fourth-order valence-corrected chi connectivity index (χ4v) is 10.5. The van der Waals surface area contributed by atoms with E-state index in [1.54, 1.807) is 19.9 Å². The van der Waals surface area contributed by atoms with Crippen LogP contribution in [0.2, 0.25) is 0 Å². The number of epoxide rings is 1. The first-order valence-corrected chi connectivity index (χ1v) is 15.9. The topological polar surface area (TPSA) is 215 Å². The van der Waals surface area contributed by atoms with Crippen molar-refractivity contribution in [1.82, 2.24) is 0 Å². The number of ketones is 1. The third kappa shape index (κ3) is 3.89. The molecule has 6 aliphatic rings. The van der Waals surface area contributed by atoms with E-state index in [1.165, 1.54) is 12.5 Å². The highest BCUT2D eigenvalue weighted by Crippen LogP contribution is 2.78. The van der Waals surface area contributed by atoms with Crippen LogP contribution in [-0.4, -0.2) is 111 Å². The van der Waals surface area contributed by atoms with E-state index in [4.69, 9.17) is 28.1 Å². The summed E-state index contributed by atoms with van der Waals surface area (Å²) in [5.41, 5.74) is -5.40. The minimum absolute atomic E-state index is 0.0199. The van der Waals surface area contributed by atoms with Crippen molar-refractivity contribution in [3.05, 3.63) is 24.2 Å². The van der Waals surface area contributed by atoms with E-state index in [1.807, 2.05) is 13.8 Å². The fraction of sp³-hybridized carbons (Fsp3) is 0.781. The van der Waals surface area contributed by atoms with E-state index in [9.17, 15) is 39.9 Å². The molecule has 6 fully saturated rings. The van der Waals surface area contributed by atoms with Crippen molar-refractivity contribution >= 4 is 17.7 Å². The predicted molar refractivity (Wildman–Crippen MR) is 151 cm³/mol. The highest BCUT2D eigenvalue weighted by Gasteiger charge is 2.88. The maximum atomic E-state index is 14.7. The Balaban J connectivity index is 1.35. The number of aliphatic carboxylic acids is 1. The maximum Gasteiger partial charge on any atom is 0.335 e. The first-order chi connectivity index (χ1) is 21.6. The molecule has 14 heteroatoms. The second-order valence-electron chi connectivity index (χ2n) is 14.9. The summed E-state index contributed by atoms with van der Waals surface area (Å²) in [6, 6.07) is 1.61. The molecule has 0 radical (unpaired) electrons. The molecule has 2 saturated carbocycles. The van der Waals surface area contributed by atoms with Crippen LogP contribution in [0.4, 0.5) is 0 Å². The summed E-state index contributed by atoms with van der Waals surface area (Å²) < 4.78 is 36.1. The highest BCUT2D eigenvalue weighted by molar-refractivity contribution is 5.92. The number of aliphatic hydroxyl groups excluding tert-OH is 4. The molecular formula is C32H42O14. The number of aliphatic hydroxyl groups is 4. The SMILES string of the molecule is CC1(C)O[C@H]2CC(=O)OC[C@]23[C@H]2CC[C@@](C)([C@@H](O[C@@H]4O[C@H](CO)[C@@H](O)[C@H](O)[C@H]4O)c4ccoc4)[C@@]4(O[C@@H]4C(=O)O)[C@]2(C)C(=O)C[C@@H]13. The van der Waals surface area contributed by atoms with Crippen molar-refractivity contribution in [2.75, 3.05) is 13.2 Å². The second-order valence-corrected chi connectivity index (χ2v) is 14.9. The number of carbonyl (C=O) groups is 3. The van der Waals surface area contributed by atoms with Crippen molar-refractivity contribution in [2.45, 2.75) is 114 Å². The minimum atomic E-state index is -1.74. The summed E-state index contributed by atoms with van der Waals surface area (Å²) in [6.07, 6.45) is -7.39. The lowest BCUT2D eigenvalue weighted by Crippen LogP contribution is -2.72. The summed E-state index contributed by atoms with van der Waals surface area (Å²) in [4.78, 5) is 40.1. The Kier molecular flexibility index (Phi) is 7.19. The zero-order valence-electron chi connectivity index (χ0n) is 26.2. The maximum absolute atomic E-state index is 14.7. The zero-order chi connectivity index (χ0) is 33.2. The Morgan fingerprint density at radius 1 is 1.04 bits per heavy atom. The summed E-state index contributed by atoms with van der Waals surface area (Å²) in [7, 11) is 0. The van der Waals surface area contributed by atoms with E-state index in [2.05, 4.69) is 0 Å². The van der Waals surface area contributed by atoms with E-state index >= 15 is 0 Å². The molecule has 2 spiro atoms. The quantitative estimate of drug-likeness (QED) is 0.209. The molecule has 0 bridgehead atoms. The Hall–Kier alpha value is -2.43. The molecule has 4 aliphatic heterocycles. The Bertz CT molecular complexity index is 1410. The lowest BCUT2D eigenvalue weighted by Gasteiger charge is -2.64. The van der Waals surface area contributed by atoms with Crippen LogP contribution in [0.1, 0.15) is 65.0 Å². The Labute approximate surface area is 264 Å². The van der Waals surface area contributed by atoms with E-state index in [0.29, 0.717) is 12.0 Å². The lowest BCUT2D eigenvalue weighted by atomic mass is 9.37. The van der Waals surface area contributed by atoms with Gasteiger partial charge in [-0.3, -0.25) is 9.59 Å². The molecule has 254 valence electrons. The van der Waals surface area contributed by atoms with Gasteiger partial charge in [0.15, 0.2) is 12.4 Å². The zero-order valence-corrected chi connectivity index (χ0v) is 26.2. The summed E-state index contributed by atoms with van der Waals surface area (Å²) in [5, 5.41) is 52.1. The molecule has 7 rings (SSSR count). The molecule has 14 nitrogen and oxygen atoms in total. The normalized spacial score (nSPS) is 49.9. The number of furan rings is 1. The van der Waals surface area contributed by atoms with Crippen LogP contribution < -0.4 is 0 Å². The lowest BCUT2D eigenvalue weighted by molar-refractivity contribution is -0.328. The van der Waals surface area contributed by atoms with Crippen LogP contribution in [0.15, 0.2) is 23.0 Å². The third-order valence-electron chi connectivity index (χ3n) is 12.6. The molecule has 1 aromatic heterocycles. The van der Waals surface area contributed by atoms with E-state index in [0.717, 1.165) is 0 Å². The molecule has 46 heavy (non-hydrogen) atoms. The van der Waals surface area contributed by atoms with Gasteiger partial charge in [-0.15, -0.1) is 0 Å². The van der Waals surface area contributed by atoms with Crippen molar-refractivity contribution in [3.8, 4) is 0 Å². The molecule has 2 aliphatic carbocycles. The molecule has 14 atom stereocenters. The number of hydrogen-bond acceptors (Lipinski definition) is 13. The van der Waals surface area contributed by atoms with Gasteiger partial charge in [0.2, 0.25) is 0 Å². The summed E-state index contributed by atoms with van der Waals surface area (Å²) in [5.74, 6) is -2.60. The number of cyclic esters (lactones) is 1. The molecule has 0 amide bonds. The number of ether oxygens (including phenoxy) is 5. The van der Waals surface area contributed by atoms with Gasteiger partial charge in [-0.05, 0) is 45.6 Å². The predicted octanol–water partition coefficient (Wildman–Crippen LogP) is 0.482. The molecule has 4 saturated heterocycles. The highest BCUT2D eigenvalue weighted by atomic mass is 16.7. The van der Waals surface area contributed by atoms with Crippen LogP contribution in [-0.2, 0) is 38.1 Å². The van der Waals surface area contributed by atoms with Gasteiger partial charge in [-0.1, -0.05) is 6.92 Å². The van der Waals surface area contributed by atoms with Gasteiger partial charge in [0.05, 0.1) is 48.8 Å². The first kappa shape index (κ1) is 32.1. The molecular weight excluding hydrogens is 608 g/mol. The van der Waals surface area contributed by atoms with Gasteiger partial charge in [-0.25, -0.2) is 4.79 Å². The van der Waals surface area contributed by atoms with Crippen LogP contribution in [0.3, 0.4) is 0 Å². The average molecular weight is 651 g/mol. The van der Waals surface area contributed by atoms with Crippen LogP contribution in [0.5, 0.6) is 0 Å². The Morgan fingerprint density at radius 2 is 1.78 bits per heavy atom. The third-order valence-corrected chi connectivity index (χ3v) is 12.6. The largest absolute Gasteiger partial charge is 0.479 e. The van der Waals surface area contributed by atoms with Gasteiger partial charge >= 0.3 is 11.9 Å². The minimum Gasteiger partial charge on any atom is -0.479 e. The average Bonchev–Trinajstić information content (AvgIpc) is 3.48. The van der Waals surface area contributed by atoms with Crippen molar-refractivity contribution < 1.29 is 68.0 Å². The van der Waals surface area contributed by atoms with Gasteiger partial charge in [0.1, 0.15) is 42.4 Å². The van der Waals surface area contributed by atoms with Crippen molar-refractivity contribution in [1.29, 1.82) is 0 Å². The molecule has 5 N–H and O–H groups in total. The molecule has 0 unspecified atom stereocenters. The number of esters is 1. The first-order valence-electron chi connectivity index (χ1n) is 15.9. The number of rotatable bonds is 6. The molecule has 1 aromatic rings. The van der Waals surface area contributed by atoms with Gasteiger partial charge in [0.25, 0.3) is 0 Å². The van der Waals surface area contributed by atoms with Crippen molar-refractivity contribution in [2.24, 2.45) is 28.1 Å². The standard InChI is InChI=1S/C32H42O14/c1-28(2)17-9-18(34)30(4)16(31(17)13-42-20(35)10-19(31)45-28)5-7-29(3,32(30)25(46-32)26(39)40)24(14-6-8-41-12-14)44-27-23(38)22(37)21(36)15(11-33)43-27/h6,8,12,15-17,19,21-25,27,33,36-38H,5,7,9-11,13H2,1-4H3,(H,39,40)/t15-,16+,17+,19+,21-,22+,23-,24+,25-,27+,29+,30+,31-,32-/m1/s1. The van der Waals surface area contributed by atoms with Crippen LogP contribution in [0.25, 0.3) is 0 Å². The van der Waals surface area contributed by atoms with Gasteiger partial charge < -0.3 is 53.6 Å². The summed E-state index contributed by atoms with van der Waals surface area (Å²) in [6.45, 7) is 6.73. The van der Waals surface area contributed by atoms with E-state index < -0.39 is 95.0 Å². The monoisotopic (exact) mass is 650 g/mol.